The van der Waals surface area contributed by atoms with Gasteiger partial charge in [-0.15, -0.1) is 0 Å². The van der Waals surface area contributed by atoms with Crippen molar-refractivity contribution < 1.29 is 9.90 Å². The lowest BCUT2D eigenvalue weighted by Gasteiger charge is -2.49. The topological polar surface area (TPSA) is 37.3 Å². The Hall–Kier alpha value is -0.530. The molecule has 4 bridgehead atoms. The van der Waals surface area contributed by atoms with Crippen LogP contribution in [0.25, 0.3) is 0 Å². The fraction of sp³-hybridized carbons (Fsp3) is 0.923. The Labute approximate surface area is 92.1 Å². The summed E-state index contributed by atoms with van der Waals surface area (Å²) in [6.07, 6.45) is 9.85. The van der Waals surface area contributed by atoms with E-state index in [9.17, 15) is 4.79 Å². The summed E-state index contributed by atoms with van der Waals surface area (Å²) in [4.78, 5) is 9.37. The Balaban J connectivity index is 0.000000149. The molecule has 0 heterocycles. The van der Waals surface area contributed by atoms with E-state index in [1.807, 2.05) is 0 Å². The predicted octanol–water partition coefficient (Wildman–Crippen LogP) is 3.31. The lowest BCUT2D eigenvalue weighted by atomic mass is 9.56. The molecular weight excluding hydrogens is 188 g/mol. The third-order valence-electron chi connectivity index (χ3n) is 4.30. The fourth-order valence-corrected chi connectivity index (χ4v) is 3.98. The Morgan fingerprint density at radius 2 is 1.13 bits per heavy atom. The van der Waals surface area contributed by atoms with Gasteiger partial charge < -0.3 is 5.11 Å². The van der Waals surface area contributed by atoms with E-state index in [0.717, 1.165) is 0 Å². The molecule has 0 amide bonds. The Kier molecular flexibility index (Phi) is 3.32. The van der Waals surface area contributed by atoms with Gasteiger partial charge in [0.25, 0.3) is 0 Å². The minimum Gasteiger partial charge on any atom is -0.481 e. The van der Waals surface area contributed by atoms with Crippen LogP contribution >= 0.6 is 0 Å². The van der Waals surface area contributed by atoms with Gasteiger partial charge >= 0.3 is 5.97 Å². The number of hydrogen-bond acceptors (Lipinski definition) is 1. The predicted molar refractivity (Wildman–Crippen MR) is 59.6 cm³/mol. The standard InChI is InChI=1S/C10H16.C3H6O2/c1-7-2-9-4-8(1)5-10(3-7)6-9;1-2-3(4)5/h7-10H,1-6H2;2H2,1H3,(H,4,5). The van der Waals surface area contributed by atoms with Crippen LogP contribution in [0, 0.1) is 23.7 Å². The highest BCUT2D eigenvalue weighted by atomic mass is 16.4. The van der Waals surface area contributed by atoms with E-state index in [4.69, 9.17) is 5.11 Å². The van der Waals surface area contributed by atoms with Gasteiger partial charge in [-0.05, 0) is 62.2 Å². The summed E-state index contributed by atoms with van der Waals surface area (Å²) in [7, 11) is 0. The zero-order chi connectivity index (χ0) is 10.8. The van der Waals surface area contributed by atoms with Crippen molar-refractivity contribution >= 4 is 5.97 Å². The third-order valence-corrected chi connectivity index (χ3v) is 4.30. The second-order valence-electron chi connectivity index (χ2n) is 5.63. The highest BCUT2D eigenvalue weighted by Gasteiger charge is 2.41. The number of rotatable bonds is 1. The summed E-state index contributed by atoms with van der Waals surface area (Å²) in [6.45, 7) is 1.60. The van der Waals surface area contributed by atoms with Gasteiger partial charge in [0.15, 0.2) is 0 Å². The van der Waals surface area contributed by atoms with E-state index in [-0.39, 0.29) is 6.42 Å². The van der Waals surface area contributed by atoms with Crippen LogP contribution in [0.3, 0.4) is 0 Å². The Bertz CT molecular complexity index is 178. The lowest BCUT2D eigenvalue weighted by molar-refractivity contribution is -0.136. The molecule has 4 aliphatic carbocycles. The quantitative estimate of drug-likeness (QED) is 0.721. The number of carbonyl (C=O) groups is 1. The van der Waals surface area contributed by atoms with E-state index in [1.165, 1.54) is 23.7 Å². The van der Waals surface area contributed by atoms with Crippen molar-refractivity contribution in [3.8, 4) is 0 Å². The maximum Gasteiger partial charge on any atom is 0.303 e. The van der Waals surface area contributed by atoms with Crippen LogP contribution in [-0.2, 0) is 4.79 Å². The third kappa shape index (κ3) is 2.73. The minimum atomic E-state index is -0.745. The smallest absolute Gasteiger partial charge is 0.303 e. The largest absolute Gasteiger partial charge is 0.481 e. The average Bonchev–Trinajstić information content (AvgIpc) is 2.16. The fourth-order valence-electron chi connectivity index (χ4n) is 3.98. The molecule has 2 nitrogen and oxygen atoms in total. The van der Waals surface area contributed by atoms with Crippen LogP contribution in [0.5, 0.6) is 0 Å². The van der Waals surface area contributed by atoms with Crippen molar-refractivity contribution in [2.75, 3.05) is 0 Å². The molecule has 0 aromatic rings. The molecule has 0 aliphatic heterocycles. The van der Waals surface area contributed by atoms with Gasteiger partial charge in [-0.1, -0.05) is 6.92 Å². The van der Waals surface area contributed by atoms with Crippen LogP contribution in [0.2, 0.25) is 0 Å². The van der Waals surface area contributed by atoms with Crippen molar-refractivity contribution in [3.05, 3.63) is 0 Å². The van der Waals surface area contributed by atoms with Gasteiger partial charge in [-0.3, -0.25) is 4.79 Å². The molecule has 2 heteroatoms. The molecule has 0 atom stereocenters. The first-order valence-corrected chi connectivity index (χ1v) is 6.39. The van der Waals surface area contributed by atoms with E-state index < -0.39 is 5.97 Å². The van der Waals surface area contributed by atoms with Crippen LogP contribution < -0.4 is 0 Å². The van der Waals surface area contributed by atoms with Crippen LogP contribution in [0.15, 0.2) is 0 Å². The monoisotopic (exact) mass is 210 g/mol. The first-order valence-electron chi connectivity index (χ1n) is 6.39. The summed E-state index contributed by atoms with van der Waals surface area (Å²) in [6, 6.07) is 0. The summed E-state index contributed by atoms with van der Waals surface area (Å²) in [5.41, 5.74) is 0. The average molecular weight is 210 g/mol. The van der Waals surface area contributed by atoms with Gasteiger partial charge in [-0.25, -0.2) is 0 Å². The lowest BCUT2D eigenvalue weighted by Crippen LogP contribution is -2.38. The molecule has 4 saturated carbocycles. The SMILES string of the molecule is C1C2CC3CC1CC(C2)C3.CCC(=O)O. The Morgan fingerprint density at radius 1 is 0.933 bits per heavy atom. The molecule has 4 fully saturated rings. The van der Waals surface area contributed by atoms with Crippen molar-refractivity contribution in [1.82, 2.24) is 0 Å². The van der Waals surface area contributed by atoms with Crippen molar-refractivity contribution in [3.63, 3.8) is 0 Å². The van der Waals surface area contributed by atoms with Gasteiger partial charge in [0.2, 0.25) is 0 Å². The molecule has 0 unspecified atom stereocenters. The normalized spacial score (nSPS) is 40.9. The number of hydrogen-bond donors (Lipinski definition) is 1. The van der Waals surface area contributed by atoms with E-state index in [2.05, 4.69) is 0 Å². The molecule has 4 aliphatic rings. The summed E-state index contributed by atoms with van der Waals surface area (Å²) in [5.74, 6) is 3.96. The van der Waals surface area contributed by atoms with Gasteiger partial charge in [0.05, 0.1) is 0 Å². The molecule has 4 rings (SSSR count). The van der Waals surface area contributed by atoms with Crippen molar-refractivity contribution in [1.29, 1.82) is 0 Å². The van der Waals surface area contributed by atoms with Crippen LogP contribution in [0.4, 0.5) is 0 Å². The van der Waals surface area contributed by atoms with E-state index in [0.29, 0.717) is 0 Å². The molecular formula is C13H22O2. The molecule has 0 aromatic carbocycles. The van der Waals surface area contributed by atoms with Crippen LogP contribution in [-0.4, -0.2) is 11.1 Å². The molecule has 0 saturated heterocycles. The first-order chi connectivity index (χ1) is 7.17. The number of aliphatic carboxylic acids is 1. The maximum absolute atomic E-state index is 9.37. The molecule has 1 N–H and O–H groups in total. The molecule has 15 heavy (non-hydrogen) atoms. The maximum atomic E-state index is 9.37. The molecule has 86 valence electrons. The number of carboxylic acids is 1. The molecule has 0 aromatic heterocycles. The highest BCUT2D eigenvalue weighted by molar-refractivity contribution is 5.66. The van der Waals surface area contributed by atoms with E-state index in [1.54, 1.807) is 45.4 Å². The second kappa shape index (κ2) is 4.54. The minimum absolute atomic E-state index is 0.222. The zero-order valence-electron chi connectivity index (χ0n) is 9.61. The number of carboxylic acid groups (broad SMARTS) is 1. The van der Waals surface area contributed by atoms with Gasteiger partial charge in [0, 0.05) is 6.42 Å². The van der Waals surface area contributed by atoms with Crippen LogP contribution in [0.1, 0.15) is 51.9 Å². The molecule has 0 spiro atoms. The summed E-state index contributed by atoms with van der Waals surface area (Å²) in [5, 5.41) is 7.72. The summed E-state index contributed by atoms with van der Waals surface area (Å²) < 4.78 is 0. The second-order valence-corrected chi connectivity index (χ2v) is 5.63. The summed E-state index contributed by atoms with van der Waals surface area (Å²) >= 11 is 0. The molecule has 0 radical (unpaired) electrons. The van der Waals surface area contributed by atoms with E-state index >= 15 is 0 Å². The Morgan fingerprint density at radius 3 is 1.27 bits per heavy atom. The van der Waals surface area contributed by atoms with Gasteiger partial charge in [-0.2, -0.15) is 0 Å². The first kappa shape index (κ1) is 11.0. The zero-order valence-corrected chi connectivity index (χ0v) is 9.61. The highest BCUT2D eigenvalue weighted by Crippen LogP contribution is 2.53. The van der Waals surface area contributed by atoms with Crippen molar-refractivity contribution in [2.45, 2.75) is 51.9 Å². The van der Waals surface area contributed by atoms with Gasteiger partial charge in [0.1, 0.15) is 0 Å². The van der Waals surface area contributed by atoms with Crippen molar-refractivity contribution in [2.24, 2.45) is 23.7 Å².